The van der Waals surface area contributed by atoms with E-state index in [4.69, 9.17) is 9.84 Å². The second kappa shape index (κ2) is 5.68. The van der Waals surface area contributed by atoms with Gasteiger partial charge in [0.05, 0.1) is 6.61 Å². The van der Waals surface area contributed by atoms with Gasteiger partial charge >= 0.3 is 0 Å². The van der Waals surface area contributed by atoms with Crippen molar-refractivity contribution in [2.75, 3.05) is 27.2 Å². The maximum Gasteiger partial charge on any atom is 0.128 e. The number of rotatable bonds is 5. The Bertz CT molecular complexity index is 313. The molecule has 0 aliphatic heterocycles. The fourth-order valence-corrected chi connectivity index (χ4v) is 1.15. The van der Waals surface area contributed by atoms with Gasteiger partial charge in [-0.1, -0.05) is 0 Å². The maximum atomic E-state index is 9.09. The molecule has 1 rings (SSSR count). The van der Waals surface area contributed by atoms with Crippen molar-refractivity contribution < 1.29 is 9.84 Å². The van der Waals surface area contributed by atoms with Gasteiger partial charge in [0.2, 0.25) is 0 Å². The summed E-state index contributed by atoms with van der Waals surface area (Å²) in [6, 6.07) is 1.85. The molecule has 0 saturated carbocycles. The molecule has 1 heterocycles. The van der Waals surface area contributed by atoms with Crippen molar-refractivity contribution in [3.8, 4) is 5.75 Å². The lowest BCUT2D eigenvalue weighted by Crippen LogP contribution is -2.19. The van der Waals surface area contributed by atoms with Gasteiger partial charge in [-0.2, -0.15) is 0 Å². The molecule has 15 heavy (non-hydrogen) atoms. The Balaban J connectivity index is 2.62. The van der Waals surface area contributed by atoms with Gasteiger partial charge in [0.1, 0.15) is 12.4 Å². The number of nitrogens with zero attached hydrogens (tertiary/aromatic N) is 2. The first-order chi connectivity index (χ1) is 7.13. The van der Waals surface area contributed by atoms with E-state index in [2.05, 4.69) is 4.98 Å². The average molecular weight is 210 g/mol. The van der Waals surface area contributed by atoms with Crippen molar-refractivity contribution in [2.24, 2.45) is 0 Å². The lowest BCUT2D eigenvalue weighted by molar-refractivity contribution is 0.242. The Labute approximate surface area is 90.5 Å². The summed E-state index contributed by atoms with van der Waals surface area (Å²) in [7, 11) is 3.99. The number of likely N-dealkylation sites (N-methyl/N-ethyl adjacent to an activating group) is 1. The van der Waals surface area contributed by atoms with Crippen molar-refractivity contribution in [1.29, 1.82) is 0 Å². The lowest BCUT2D eigenvalue weighted by Gasteiger charge is -2.13. The topological polar surface area (TPSA) is 45.6 Å². The third-order valence-electron chi connectivity index (χ3n) is 2.05. The Morgan fingerprint density at radius 2 is 2.20 bits per heavy atom. The molecule has 0 bridgehead atoms. The molecule has 0 aromatic carbocycles. The summed E-state index contributed by atoms with van der Waals surface area (Å²) >= 11 is 0. The van der Waals surface area contributed by atoms with Crippen LogP contribution in [0.25, 0.3) is 0 Å². The fourth-order valence-electron chi connectivity index (χ4n) is 1.15. The highest BCUT2D eigenvalue weighted by atomic mass is 16.5. The van der Waals surface area contributed by atoms with Gasteiger partial charge in [0.15, 0.2) is 0 Å². The molecule has 0 aliphatic rings. The Kier molecular flexibility index (Phi) is 4.52. The zero-order chi connectivity index (χ0) is 11.3. The van der Waals surface area contributed by atoms with Gasteiger partial charge in [-0.3, -0.25) is 4.98 Å². The van der Waals surface area contributed by atoms with Gasteiger partial charge < -0.3 is 14.7 Å². The van der Waals surface area contributed by atoms with Gasteiger partial charge in [0, 0.05) is 30.1 Å². The number of pyridine rings is 1. The standard InChI is InChI=1S/C11H18N2O2/c1-9-6-11(10(8-14)7-12-9)15-5-4-13(2)3/h6-7,14H,4-5,8H2,1-3H3. The van der Waals surface area contributed by atoms with E-state index in [1.807, 2.05) is 32.0 Å². The highest BCUT2D eigenvalue weighted by Crippen LogP contribution is 2.18. The van der Waals surface area contributed by atoms with Crippen LogP contribution in [0.5, 0.6) is 5.75 Å². The molecule has 84 valence electrons. The minimum absolute atomic E-state index is 0.0371. The van der Waals surface area contributed by atoms with E-state index in [9.17, 15) is 0 Å². The van der Waals surface area contributed by atoms with Gasteiger partial charge in [-0.25, -0.2) is 0 Å². The Hall–Kier alpha value is -1.13. The van der Waals surface area contributed by atoms with Crippen LogP contribution in [-0.2, 0) is 6.61 Å². The molecular weight excluding hydrogens is 192 g/mol. The first-order valence-corrected chi connectivity index (χ1v) is 4.97. The van der Waals surface area contributed by atoms with Gasteiger partial charge in [0.25, 0.3) is 0 Å². The molecule has 0 spiro atoms. The molecule has 0 saturated heterocycles. The van der Waals surface area contributed by atoms with E-state index in [-0.39, 0.29) is 6.61 Å². The van der Waals surface area contributed by atoms with Crippen LogP contribution < -0.4 is 4.74 Å². The van der Waals surface area contributed by atoms with Crippen molar-refractivity contribution >= 4 is 0 Å². The van der Waals surface area contributed by atoms with E-state index in [0.29, 0.717) is 6.61 Å². The molecule has 1 aromatic rings. The smallest absolute Gasteiger partial charge is 0.128 e. The highest BCUT2D eigenvalue weighted by Gasteiger charge is 2.04. The zero-order valence-electron chi connectivity index (χ0n) is 9.53. The minimum Gasteiger partial charge on any atom is -0.492 e. The van der Waals surface area contributed by atoms with Crippen LogP contribution in [0.3, 0.4) is 0 Å². The van der Waals surface area contributed by atoms with Crippen molar-refractivity contribution in [3.05, 3.63) is 23.5 Å². The molecule has 1 N–H and O–H groups in total. The number of aliphatic hydroxyl groups excluding tert-OH is 1. The molecule has 0 unspecified atom stereocenters. The molecule has 4 heteroatoms. The quantitative estimate of drug-likeness (QED) is 0.781. The number of ether oxygens (including phenoxy) is 1. The normalized spacial score (nSPS) is 10.7. The number of aliphatic hydroxyl groups is 1. The number of hydrogen-bond acceptors (Lipinski definition) is 4. The van der Waals surface area contributed by atoms with Crippen LogP contribution >= 0.6 is 0 Å². The molecular formula is C11H18N2O2. The number of aryl methyl sites for hydroxylation is 1. The third kappa shape index (κ3) is 3.85. The van der Waals surface area contributed by atoms with Crippen molar-refractivity contribution in [3.63, 3.8) is 0 Å². The predicted octanol–water partition coefficient (Wildman–Crippen LogP) is 0.823. The van der Waals surface area contributed by atoms with Crippen molar-refractivity contribution in [2.45, 2.75) is 13.5 Å². The van der Waals surface area contributed by atoms with E-state index in [0.717, 1.165) is 23.6 Å². The summed E-state index contributed by atoms with van der Waals surface area (Å²) < 4.78 is 5.58. The second-order valence-electron chi connectivity index (χ2n) is 3.74. The molecule has 0 fully saturated rings. The van der Waals surface area contributed by atoms with Gasteiger partial charge in [-0.05, 0) is 21.0 Å². The molecule has 1 aromatic heterocycles. The highest BCUT2D eigenvalue weighted by molar-refractivity contribution is 5.32. The van der Waals surface area contributed by atoms with E-state index in [1.165, 1.54) is 0 Å². The van der Waals surface area contributed by atoms with Crippen LogP contribution in [0.2, 0.25) is 0 Å². The zero-order valence-corrected chi connectivity index (χ0v) is 9.53. The van der Waals surface area contributed by atoms with Crippen LogP contribution in [0, 0.1) is 6.92 Å². The predicted molar refractivity (Wildman–Crippen MR) is 58.9 cm³/mol. The number of aromatic nitrogens is 1. The van der Waals surface area contributed by atoms with Crippen LogP contribution in [0.15, 0.2) is 12.3 Å². The summed E-state index contributed by atoms with van der Waals surface area (Å²) in [5.74, 6) is 0.729. The summed E-state index contributed by atoms with van der Waals surface area (Å²) in [6.45, 7) is 3.33. The molecule has 0 atom stereocenters. The fraction of sp³-hybridized carbons (Fsp3) is 0.545. The summed E-state index contributed by atoms with van der Waals surface area (Å²) in [4.78, 5) is 6.15. The summed E-state index contributed by atoms with van der Waals surface area (Å²) in [5, 5.41) is 9.09. The Morgan fingerprint density at radius 1 is 1.47 bits per heavy atom. The third-order valence-corrected chi connectivity index (χ3v) is 2.05. The molecule has 0 amide bonds. The van der Waals surface area contributed by atoms with Crippen molar-refractivity contribution in [1.82, 2.24) is 9.88 Å². The average Bonchev–Trinajstić information content (AvgIpc) is 2.17. The minimum atomic E-state index is -0.0371. The van der Waals surface area contributed by atoms with E-state index >= 15 is 0 Å². The van der Waals surface area contributed by atoms with E-state index < -0.39 is 0 Å². The number of hydrogen-bond donors (Lipinski definition) is 1. The van der Waals surface area contributed by atoms with Crippen LogP contribution in [0.1, 0.15) is 11.3 Å². The SMILES string of the molecule is Cc1cc(OCCN(C)C)c(CO)cn1. The maximum absolute atomic E-state index is 9.09. The largest absolute Gasteiger partial charge is 0.492 e. The first kappa shape index (κ1) is 11.9. The van der Waals surface area contributed by atoms with Crippen LogP contribution in [0.4, 0.5) is 0 Å². The summed E-state index contributed by atoms with van der Waals surface area (Å²) in [6.07, 6.45) is 1.65. The van der Waals surface area contributed by atoms with Crippen LogP contribution in [-0.4, -0.2) is 42.2 Å². The van der Waals surface area contributed by atoms with E-state index in [1.54, 1.807) is 6.20 Å². The monoisotopic (exact) mass is 210 g/mol. The lowest BCUT2D eigenvalue weighted by atomic mass is 10.2. The summed E-state index contributed by atoms with van der Waals surface area (Å²) in [5.41, 5.74) is 1.63. The Morgan fingerprint density at radius 3 is 2.80 bits per heavy atom. The molecule has 0 radical (unpaired) electrons. The molecule has 0 aliphatic carbocycles. The second-order valence-corrected chi connectivity index (χ2v) is 3.74. The molecule has 4 nitrogen and oxygen atoms in total. The first-order valence-electron chi connectivity index (χ1n) is 4.97. The van der Waals surface area contributed by atoms with Gasteiger partial charge in [-0.15, -0.1) is 0 Å².